The molecule has 0 saturated heterocycles. The van der Waals surface area contributed by atoms with Gasteiger partial charge in [-0.3, -0.25) is 4.79 Å². The molecule has 2 aromatic rings. The van der Waals surface area contributed by atoms with Gasteiger partial charge < -0.3 is 9.47 Å². The van der Waals surface area contributed by atoms with Crippen molar-refractivity contribution < 1.29 is 22.7 Å². The van der Waals surface area contributed by atoms with Crippen molar-refractivity contribution >= 4 is 16.0 Å². The van der Waals surface area contributed by atoms with Crippen molar-refractivity contribution in [2.24, 2.45) is 0 Å². The van der Waals surface area contributed by atoms with Crippen molar-refractivity contribution in [3.05, 3.63) is 58.7 Å². The zero-order valence-corrected chi connectivity index (χ0v) is 20.1. The normalized spacial score (nSPS) is 11.9. The summed E-state index contributed by atoms with van der Waals surface area (Å²) < 4.78 is 37.9. The Hall–Kier alpha value is -2.38. The third-order valence-electron chi connectivity index (χ3n) is 5.01. The smallest absolute Gasteiger partial charge is 0.307 e. The molecule has 31 heavy (non-hydrogen) atoms. The number of rotatable bonds is 9. The maximum atomic E-state index is 12.4. The fraction of sp³-hybridized carbons (Fsp3) is 0.458. The van der Waals surface area contributed by atoms with Crippen LogP contribution in [-0.4, -0.2) is 27.5 Å². The molecule has 0 aliphatic carbocycles. The fourth-order valence-electron chi connectivity index (χ4n) is 3.13. The number of hydrogen-bond acceptors (Lipinski definition) is 5. The molecule has 0 saturated carbocycles. The maximum absolute atomic E-state index is 12.4. The Morgan fingerprint density at radius 3 is 2.13 bits per heavy atom. The highest BCUT2D eigenvalue weighted by atomic mass is 32.2. The first kappa shape index (κ1) is 24.9. The van der Waals surface area contributed by atoms with Gasteiger partial charge in [0.2, 0.25) is 10.0 Å². The SMILES string of the molecule is CCOc1ccc(S(=O)(=O)NCCC(=O)OCc2c(C)cc(C(C)(C)C)cc2C)cc1. The van der Waals surface area contributed by atoms with Crippen molar-refractivity contribution in [1.82, 2.24) is 4.72 Å². The highest BCUT2D eigenvalue weighted by Gasteiger charge is 2.18. The van der Waals surface area contributed by atoms with E-state index in [1.807, 2.05) is 20.8 Å². The minimum atomic E-state index is -3.70. The van der Waals surface area contributed by atoms with E-state index in [1.54, 1.807) is 12.1 Å². The Morgan fingerprint density at radius 2 is 1.61 bits per heavy atom. The molecule has 0 amide bonds. The van der Waals surface area contributed by atoms with Crippen LogP contribution in [0.5, 0.6) is 5.75 Å². The number of sulfonamides is 1. The molecule has 170 valence electrons. The Kier molecular flexibility index (Phi) is 8.26. The first-order valence-corrected chi connectivity index (χ1v) is 11.9. The minimum Gasteiger partial charge on any atom is -0.494 e. The molecule has 7 heteroatoms. The second-order valence-corrected chi connectivity index (χ2v) is 10.3. The van der Waals surface area contributed by atoms with Crippen LogP contribution in [0.3, 0.4) is 0 Å². The predicted molar refractivity (Wildman–Crippen MR) is 122 cm³/mol. The Morgan fingerprint density at radius 1 is 1.03 bits per heavy atom. The van der Waals surface area contributed by atoms with E-state index in [4.69, 9.17) is 9.47 Å². The van der Waals surface area contributed by atoms with Gasteiger partial charge in [0.1, 0.15) is 12.4 Å². The van der Waals surface area contributed by atoms with Crippen LogP contribution in [0.2, 0.25) is 0 Å². The molecule has 2 rings (SSSR count). The van der Waals surface area contributed by atoms with Crippen LogP contribution in [0.25, 0.3) is 0 Å². The third-order valence-corrected chi connectivity index (χ3v) is 6.48. The number of esters is 1. The third kappa shape index (κ3) is 7.08. The van der Waals surface area contributed by atoms with Crippen LogP contribution in [0.15, 0.2) is 41.3 Å². The van der Waals surface area contributed by atoms with Gasteiger partial charge in [0.15, 0.2) is 0 Å². The van der Waals surface area contributed by atoms with Crippen molar-refractivity contribution in [3.63, 3.8) is 0 Å². The lowest BCUT2D eigenvalue weighted by Gasteiger charge is -2.22. The Balaban J connectivity index is 1.88. The van der Waals surface area contributed by atoms with Gasteiger partial charge in [-0.05, 0) is 72.7 Å². The molecule has 0 heterocycles. The van der Waals surface area contributed by atoms with Gasteiger partial charge in [-0.25, -0.2) is 13.1 Å². The molecule has 0 unspecified atom stereocenters. The predicted octanol–water partition coefficient (Wildman–Crippen LogP) is 4.41. The van der Waals surface area contributed by atoms with E-state index in [2.05, 4.69) is 37.6 Å². The lowest BCUT2D eigenvalue weighted by atomic mass is 9.84. The average molecular weight is 448 g/mol. The molecule has 2 aromatic carbocycles. The molecule has 0 radical (unpaired) electrons. The number of benzene rings is 2. The monoisotopic (exact) mass is 447 g/mol. The number of carbonyl (C=O) groups excluding carboxylic acids is 1. The van der Waals surface area contributed by atoms with Crippen molar-refractivity contribution in [2.75, 3.05) is 13.2 Å². The van der Waals surface area contributed by atoms with Crippen molar-refractivity contribution in [2.45, 2.75) is 64.9 Å². The van der Waals surface area contributed by atoms with Crippen LogP contribution in [0.4, 0.5) is 0 Å². The summed E-state index contributed by atoms with van der Waals surface area (Å²) in [6, 6.07) is 10.4. The summed E-state index contributed by atoms with van der Waals surface area (Å²) in [5, 5.41) is 0. The highest BCUT2D eigenvalue weighted by Crippen LogP contribution is 2.27. The molecule has 0 spiro atoms. The second-order valence-electron chi connectivity index (χ2n) is 8.55. The summed E-state index contributed by atoms with van der Waals surface area (Å²) >= 11 is 0. The molecule has 6 nitrogen and oxygen atoms in total. The minimum absolute atomic E-state index is 0.0324. The molecule has 0 aliphatic rings. The standard InChI is InChI=1S/C24H33NO5S/c1-7-29-20-8-10-21(11-9-20)31(27,28)25-13-12-23(26)30-16-22-17(2)14-19(15-18(22)3)24(4,5)6/h8-11,14-15,25H,7,12-13,16H2,1-6H3. The summed E-state index contributed by atoms with van der Waals surface area (Å²) in [5.41, 5.74) is 4.42. The Labute approximate surface area is 186 Å². The van der Waals surface area contributed by atoms with Gasteiger partial charge in [-0.15, -0.1) is 0 Å². The van der Waals surface area contributed by atoms with E-state index >= 15 is 0 Å². The first-order chi connectivity index (χ1) is 14.4. The molecule has 0 bridgehead atoms. The summed E-state index contributed by atoms with van der Waals surface area (Å²) in [4.78, 5) is 12.3. The summed E-state index contributed by atoms with van der Waals surface area (Å²) in [7, 11) is -3.70. The maximum Gasteiger partial charge on any atom is 0.307 e. The van der Waals surface area contributed by atoms with Gasteiger partial charge in [0.05, 0.1) is 17.9 Å². The average Bonchev–Trinajstić information content (AvgIpc) is 2.67. The van der Waals surface area contributed by atoms with E-state index in [1.165, 1.54) is 17.7 Å². The lowest BCUT2D eigenvalue weighted by Crippen LogP contribution is -2.26. The summed E-state index contributed by atoms with van der Waals surface area (Å²) in [6.45, 7) is 13.0. The summed E-state index contributed by atoms with van der Waals surface area (Å²) in [5.74, 6) is 0.152. The zero-order valence-electron chi connectivity index (χ0n) is 19.2. The number of hydrogen-bond donors (Lipinski definition) is 1. The highest BCUT2D eigenvalue weighted by molar-refractivity contribution is 7.89. The lowest BCUT2D eigenvalue weighted by molar-refractivity contribution is -0.144. The molecule has 0 fully saturated rings. The fourth-order valence-corrected chi connectivity index (χ4v) is 4.16. The van der Waals surface area contributed by atoms with Gasteiger partial charge >= 0.3 is 5.97 Å². The van der Waals surface area contributed by atoms with Gasteiger partial charge in [-0.1, -0.05) is 32.9 Å². The Bertz CT molecular complexity index is 982. The number of carbonyl (C=O) groups is 1. The van der Waals surface area contributed by atoms with Crippen molar-refractivity contribution in [1.29, 1.82) is 0 Å². The van der Waals surface area contributed by atoms with E-state index in [-0.39, 0.29) is 29.9 Å². The second kappa shape index (κ2) is 10.3. The topological polar surface area (TPSA) is 81.7 Å². The van der Waals surface area contributed by atoms with E-state index < -0.39 is 16.0 Å². The number of aryl methyl sites for hydroxylation is 2. The van der Waals surface area contributed by atoms with Crippen LogP contribution in [0.1, 0.15) is 56.4 Å². The number of nitrogens with one attached hydrogen (secondary N) is 1. The van der Waals surface area contributed by atoms with Crippen LogP contribution in [0, 0.1) is 13.8 Å². The number of ether oxygens (including phenoxy) is 2. The first-order valence-electron chi connectivity index (χ1n) is 10.4. The van der Waals surface area contributed by atoms with E-state index in [9.17, 15) is 13.2 Å². The molecular formula is C24H33NO5S. The molecule has 0 aromatic heterocycles. The van der Waals surface area contributed by atoms with Gasteiger partial charge in [0, 0.05) is 6.54 Å². The van der Waals surface area contributed by atoms with Crippen LogP contribution < -0.4 is 9.46 Å². The van der Waals surface area contributed by atoms with Crippen molar-refractivity contribution in [3.8, 4) is 5.75 Å². The molecule has 0 atom stereocenters. The summed E-state index contributed by atoms with van der Waals surface area (Å²) in [6.07, 6.45) is -0.0472. The van der Waals surface area contributed by atoms with Crippen LogP contribution >= 0.6 is 0 Å². The van der Waals surface area contributed by atoms with Gasteiger partial charge in [0.25, 0.3) is 0 Å². The molecular weight excluding hydrogens is 414 g/mol. The largest absolute Gasteiger partial charge is 0.494 e. The van der Waals surface area contributed by atoms with E-state index in [0.717, 1.165) is 16.7 Å². The van der Waals surface area contributed by atoms with E-state index in [0.29, 0.717) is 12.4 Å². The van der Waals surface area contributed by atoms with Crippen LogP contribution in [-0.2, 0) is 31.6 Å². The molecule has 1 N–H and O–H groups in total. The van der Waals surface area contributed by atoms with Gasteiger partial charge in [-0.2, -0.15) is 0 Å². The molecule has 0 aliphatic heterocycles. The quantitative estimate of drug-likeness (QED) is 0.576. The zero-order chi connectivity index (χ0) is 23.2.